The summed E-state index contributed by atoms with van der Waals surface area (Å²) in [5.41, 5.74) is 3.77. The van der Waals surface area contributed by atoms with E-state index in [4.69, 9.17) is 0 Å². The van der Waals surface area contributed by atoms with E-state index in [9.17, 15) is 20.0 Å². The third-order valence-electron chi connectivity index (χ3n) is 4.93. The first-order valence-corrected chi connectivity index (χ1v) is 9.61. The lowest BCUT2D eigenvalue weighted by Crippen LogP contribution is -2.19. The maximum Gasteiger partial charge on any atom is 0.339 e. The number of aromatic nitrogens is 1. The van der Waals surface area contributed by atoms with E-state index in [1.54, 1.807) is 6.08 Å². The molecule has 1 amide bonds. The molecule has 1 aliphatic carbocycles. The van der Waals surface area contributed by atoms with Crippen molar-refractivity contribution in [2.75, 3.05) is 7.05 Å². The van der Waals surface area contributed by atoms with Gasteiger partial charge in [0.05, 0.1) is 5.56 Å². The Bertz CT molecular complexity index is 1000. The molecule has 2 aromatic heterocycles. The maximum atomic E-state index is 12.0. The summed E-state index contributed by atoms with van der Waals surface area (Å²) in [6.45, 7) is 3.78. The Hall–Kier alpha value is -2.85. The Morgan fingerprint density at radius 3 is 2.67 bits per heavy atom. The Morgan fingerprint density at radius 1 is 1.33 bits per heavy atom. The van der Waals surface area contributed by atoms with Gasteiger partial charge in [-0.1, -0.05) is 0 Å². The molecule has 0 aliphatic heterocycles. The quantitative estimate of drug-likeness (QED) is 0.625. The topological polar surface area (TPSA) is 95.1 Å². The number of aromatic carboxylic acids is 1. The maximum absolute atomic E-state index is 12.0. The van der Waals surface area contributed by atoms with Crippen molar-refractivity contribution in [3.8, 4) is 11.1 Å². The number of carbonyl (C=O) groups is 2. The molecule has 27 heavy (non-hydrogen) atoms. The lowest BCUT2D eigenvalue weighted by Gasteiger charge is -2.11. The van der Waals surface area contributed by atoms with Crippen LogP contribution in [-0.4, -0.2) is 28.6 Å². The minimum Gasteiger partial charge on any atom is -0.478 e. The monoisotopic (exact) mass is 383 g/mol. The Morgan fingerprint density at radius 2 is 2.04 bits per heavy atom. The zero-order chi connectivity index (χ0) is 19.7. The van der Waals surface area contributed by atoms with Gasteiger partial charge in [0.2, 0.25) is 0 Å². The van der Waals surface area contributed by atoms with Crippen LogP contribution in [0.15, 0.2) is 11.6 Å². The number of likely N-dealkylation sites (N-methyl/N-ethyl adjacent to an activating group) is 1. The number of nitrogens with one attached hydrogen (secondary N) is 1. The molecule has 0 saturated heterocycles. The van der Waals surface area contributed by atoms with Crippen LogP contribution in [0.25, 0.3) is 11.1 Å². The van der Waals surface area contributed by atoms with Gasteiger partial charge in [-0.2, -0.15) is 5.26 Å². The zero-order valence-corrected chi connectivity index (χ0v) is 16.4. The Kier molecular flexibility index (Phi) is 5.19. The minimum absolute atomic E-state index is 0.0154. The molecule has 2 aromatic rings. The van der Waals surface area contributed by atoms with Gasteiger partial charge in [0, 0.05) is 23.3 Å². The molecular weight excluding hydrogens is 362 g/mol. The van der Waals surface area contributed by atoms with E-state index >= 15 is 0 Å². The number of rotatable bonds is 4. The molecule has 140 valence electrons. The number of nitrogens with zero attached hydrogens (tertiary/aromatic N) is 2. The summed E-state index contributed by atoms with van der Waals surface area (Å²) in [5.74, 6) is -1.35. The molecule has 7 heteroatoms. The summed E-state index contributed by atoms with van der Waals surface area (Å²) in [6.07, 6.45) is 5.36. The van der Waals surface area contributed by atoms with Crippen LogP contribution in [0, 0.1) is 25.2 Å². The smallest absolute Gasteiger partial charge is 0.339 e. The van der Waals surface area contributed by atoms with E-state index in [1.165, 1.54) is 18.4 Å². The van der Waals surface area contributed by atoms with Crippen molar-refractivity contribution in [3.63, 3.8) is 0 Å². The standard InChI is InChI=1S/C20H21N3O3S/c1-11-8-13(9-14(10-21)18(24)22-3)12(2)23(11)19-17(20(25)26)15-6-4-5-7-16(15)27-19/h8-9H,4-7H2,1-3H3,(H,22,24)(H,25,26)/b14-9-. The SMILES string of the molecule is CNC(=O)/C(C#N)=C\c1cc(C)n(-c2sc3c(c2C(=O)O)CCCC3)c1C. The van der Waals surface area contributed by atoms with E-state index < -0.39 is 11.9 Å². The second-order valence-corrected chi connectivity index (χ2v) is 7.69. The Balaban J connectivity index is 2.18. The third-order valence-corrected chi connectivity index (χ3v) is 6.21. The highest BCUT2D eigenvalue weighted by Gasteiger charge is 2.27. The van der Waals surface area contributed by atoms with Gasteiger partial charge < -0.3 is 15.0 Å². The van der Waals surface area contributed by atoms with Crippen molar-refractivity contribution in [2.24, 2.45) is 0 Å². The average Bonchev–Trinajstić information content (AvgIpc) is 3.15. The van der Waals surface area contributed by atoms with Crippen LogP contribution in [-0.2, 0) is 17.6 Å². The molecule has 0 aromatic carbocycles. The molecule has 1 aliphatic rings. The van der Waals surface area contributed by atoms with Gasteiger partial charge in [-0.15, -0.1) is 11.3 Å². The third kappa shape index (κ3) is 3.28. The largest absolute Gasteiger partial charge is 0.478 e. The van der Waals surface area contributed by atoms with Crippen LogP contribution >= 0.6 is 11.3 Å². The van der Waals surface area contributed by atoms with Gasteiger partial charge >= 0.3 is 5.97 Å². The minimum atomic E-state index is -0.905. The number of hydrogen-bond donors (Lipinski definition) is 2. The van der Waals surface area contributed by atoms with Gasteiger partial charge in [-0.25, -0.2) is 4.79 Å². The summed E-state index contributed by atoms with van der Waals surface area (Å²) in [5, 5.41) is 22.2. The van der Waals surface area contributed by atoms with Crippen molar-refractivity contribution in [1.82, 2.24) is 9.88 Å². The van der Waals surface area contributed by atoms with Crippen LogP contribution in [0.4, 0.5) is 0 Å². The molecule has 3 rings (SSSR count). The predicted molar refractivity (Wildman–Crippen MR) is 104 cm³/mol. The van der Waals surface area contributed by atoms with Crippen molar-refractivity contribution >= 4 is 29.3 Å². The summed E-state index contributed by atoms with van der Waals surface area (Å²) in [4.78, 5) is 25.0. The van der Waals surface area contributed by atoms with Gasteiger partial charge in [0.15, 0.2) is 0 Å². The summed E-state index contributed by atoms with van der Waals surface area (Å²) >= 11 is 1.54. The fourth-order valence-corrected chi connectivity index (χ4v) is 5.11. The number of amides is 1. The summed E-state index contributed by atoms with van der Waals surface area (Å²) < 4.78 is 1.93. The second kappa shape index (κ2) is 7.41. The van der Waals surface area contributed by atoms with E-state index in [0.29, 0.717) is 10.6 Å². The first-order valence-electron chi connectivity index (χ1n) is 8.80. The van der Waals surface area contributed by atoms with Crippen molar-refractivity contribution < 1.29 is 14.7 Å². The zero-order valence-electron chi connectivity index (χ0n) is 15.5. The van der Waals surface area contributed by atoms with Gasteiger partial charge in [-0.3, -0.25) is 4.79 Å². The van der Waals surface area contributed by atoms with E-state index in [-0.39, 0.29) is 5.57 Å². The second-order valence-electron chi connectivity index (χ2n) is 6.61. The van der Waals surface area contributed by atoms with Crippen LogP contribution < -0.4 is 5.32 Å². The fraction of sp³-hybridized carbons (Fsp3) is 0.350. The highest BCUT2D eigenvalue weighted by atomic mass is 32.1. The van der Waals surface area contributed by atoms with Gasteiger partial charge in [0.1, 0.15) is 16.6 Å². The van der Waals surface area contributed by atoms with Crippen LogP contribution in [0.2, 0.25) is 0 Å². The first-order chi connectivity index (χ1) is 12.9. The molecule has 0 spiro atoms. The van der Waals surface area contributed by atoms with E-state index in [0.717, 1.165) is 53.1 Å². The van der Waals surface area contributed by atoms with Crippen molar-refractivity contribution in [2.45, 2.75) is 39.5 Å². The first kappa shape index (κ1) is 18.9. The molecule has 6 nitrogen and oxygen atoms in total. The summed E-state index contributed by atoms with van der Waals surface area (Å²) in [7, 11) is 1.48. The molecular formula is C20H21N3O3S. The average molecular weight is 383 g/mol. The lowest BCUT2D eigenvalue weighted by molar-refractivity contribution is -0.116. The fourth-order valence-electron chi connectivity index (χ4n) is 3.61. The molecule has 0 saturated carbocycles. The molecule has 0 radical (unpaired) electrons. The molecule has 2 heterocycles. The van der Waals surface area contributed by atoms with Crippen LogP contribution in [0.5, 0.6) is 0 Å². The van der Waals surface area contributed by atoms with Crippen LogP contribution in [0.1, 0.15) is 50.6 Å². The number of carboxylic acids is 1. The van der Waals surface area contributed by atoms with Crippen molar-refractivity contribution in [1.29, 1.82) is 5.26 Å². The van der Waals surface area contributed by atoms with Crippen molar-refractivity contribution in [3.05, 3.63) is 44.6 Å². The van der Waals surface area contributed by atoms with Gasteiger partial charge in [0.25, 0.3) is 5.91 Å². The van der Waals surface area contributed by atoms with E-state index in [2.05, 4.69) is 5.32 Å². The predicted octanol–water partition coefficient (Wildman–Crippen LogP) is 3.39. The number of fused-ring (bicyclic) bond motifs is 1. The van der Waals surface area contributed by atoms with E-state index in [1.807, 2.05) is 30.6 Å². The molecule has 0 atom stereocenters. The number of nitriles is 1. The highest BCUT2D eigenvalue weighted by molar-refractivity contribution is 7.15. The number of carbonyl (C=O) groups excluding carboxylic acids is 1. The number of hydrogen-bond acceptors (Lipinski definition) is 4. The molecule has 0 unspecified atom stereocenters. The molecule has 0 fully saturated rings. The van der Waals surface area contributed by atoms with Gasteiger partial charge in [-0.05, 0) is 62.8 Å². The molecule has 0 bridgehead atoms. The normalized spacial score (nSPS) is 13.8. The molecule has 2 N–H and O–H groups in total. The number of aryl methyl sites for hydroxylation is 2. The van der Waals surface area contributed by atoms with Crippen LogP contribution in [0.3, 0.4) is 0 Å². The highest BCUT2D eigenvalue weighted by Crippen LogP contribution is 2.38. The number of thiophene rings is 1. The summed E-state index contributed by atoms with van der Waals surface area (Å²) in [6, 6.07) is 3.79. The Labute approximate surface area is 161 Å². The lowest BCUT2D eigenvalue weighted by atomic mass is 9.95. The number of carboxylic acid groups (broad SMARTS) is 1.